The first-order chi connectivity index (χ1) is 12.4. The Morgan fingerprint density at radius 1 is 1.00 bits per heavy atom. The van der Waals surface area contributed by atoms with Gasteiger partial charge < -0.3 is 9.84 Å². The maximum Gasteiger partial charge on any atom is 0.417 e. The van der Waals surface area contributed by atoms with Gasteiger partial charge in [-0.15, -0.1) is 11.8 Å². The highest BCUT2D eigenvalue weighted by Crippen LogP contribution is 2.43. The summed E-state index contributed by atoms with van der Waals surface area (Å²) in [6.45, 7) is -0.914. The molecule has 2 aromatic rings. The highest BCUT2D eigenvalue weighted by Gasteiger charge is 2.36. The molecule has 0 radical (unpaired) electrons. The number of alkyl halides is 6. The molecule has 0 aliphatic carbocycles. The number of halogens is 6. The second kappa shape index (κ2) is 7.71. The first-order valence-corrected chi connectivity index (χ1v) is 8.47. The molecule has 2 rings (SSSR count). The van der Waals surface area contributed by atoms with Crippen molar-refractivity contribution in [3.63, 3.8) is 0 Å². The van der Waals surface area contributed by atoms with E-state index in [1.54, 1.807) is 6.26 Å². The zero-order valence-electron chi connectivity index (χ0n) is 13.6. The number of rotatable bonds is 5. The standard InChI is InChI=1S/C17H12F6O3S/c1-27-10-3-4-11(13(7-10)17(21,22)23)12-6-9(16(18,19)20)2-5-14(12)26-8-15(24)25/h2-7H,8H2,1H3,(H,24,25). The first kappa shape index (κ1) is 20.9. The van der Waals surface area contributed by atoms with Crippen LogP contribution in [0.25, 0.3) is 11.1 Å². The van der Waals surface area contributed by atoms with Gasteiger partial charge in [0.2, 0.25) is 0 Å². The van der Waals surface area contributed by atoms with Crippen LogP contribution in [-0.4, -0.2) is 23.9 Å². The van der Waals surface area contributed by atoms with Crippen LogP contribution < -0.4 is 4.74 Å². The van der Waals surface area contributed by atoms with Gasteiger partial charge in [-0.1, -0.05) is 6.07 Å². The van der Waals surface area contributed by atoms with Crippen molar-refractivity contribution >= 4 is 17.7 Å². The minimum atomic E-state index is -4.83. The Hall–Kier alpha value is -2.36. The molecule has 0 bridgehead atoms. The van der Waals surface area contributed by atoms with Crippen molar-refractivity contribution in [3.05, 3.63) is 47.5 Å². The fourth-order valence-corrected chi connectivity index (χ4v) is 2.74. The van der Waals surface area contributed by atoms with Crippen molar-refractivity contribution < 1.29 is 41.0 Å². The molecule has 0 saturated carbocycles. The third kappa shape index (κ3) is 5.09. The Kier molecular flexibility index (Phi) is 5.98. The van der Waals surface area contributed by atoms with Gasteiger partial charge >= 0.3 is 18.3 Å². The van der Waals surface area contributed by atoms with Crippen molar-refractivity contribution in [2.45, 2.75) is 17.2 Å². The van der Waals surface area contributed by atoms with Crippen LogP contribution in [0.15, 0.2) is 41.3 Å². The van der Waals surface area contributed by atoms with Gasteiger partial charge in [0, 0.05) is 10.5 Å². The average molecular weight is 410 g/mol. The molecule has 2 aromatic carbocycles. The summed E-state index contributed by atoms with van der Waals surface area (Å²) in [7, 11) is 0. The molecule has 0 unspecified atom stereocenters. The lowest BCUT2D eigenvalue weighted by Crippen LogP contribution is -2.12. The lowest BCUT2D eigenvalue weighted by molar-refractivity contribution is -0.140. The van der Waals surface area contributed by atoms with Crippen LogP contribution in [0.1, 0.15) is 11.1 Å². The quantitative estimate of drug-likeness (QED) is 0.517. The molecule has 0 heterocycles. The highest BCUT2D eigenvalue weighted by molar-refractivity contribution is 7.98. The van der Waals surface area contributed by atoms with Gasteiger partial charge in [0.1, 0.15) is 5.75 Å². The Morgan fingerprint density at radius 3 is 2.19 bits per heavy atom. The van der Waals surface area contributed by atoms with Crippen LogP contribution in [0.3, 0.4) is 0 Å². The monoisotopic (exact) mass is 410 g/mol. The van der Waals surface area contributed by atoms with Gasteiger partial charge in [0.15, 0.2) is 6.61 Å². The van der Waals surface area contributed by atoms with E-state index in [1.807, 2.05) is 0 Å². The molecule has 3 nitrogen and oxygen atoms in total. The maximum atomic E-state index is 13.5. The lowest BCUT2D eigenvalue weighted by atomic mass is 9.96. The molecule has 0 aliphatic rings. The largest absolute Gasteiger partial charge is 0.481 e. The minimum absolute atomic E-state index is 0.269. The van der Waals surface area contributed by atoms with E-state index in [-0.39, 0.29) is 4.90 Å². The zero-order valence-corrected chi connectivity index (χ0v) is 14.4. The van der Waals surface area contributed by atoms with E-state index in [1.165, 1.54) is 6.07 Å². The SMILES string of the molecule is CSc1ccc(-c2cc(C(F)(F)F)ccc2OCC(=O)O)c(C(F)(F)F)c1. The number of benzene rings is 2. The van der Waals surface area contributed by atoms with E-state index >= 15 is 0 Å². The van der Waals surface area contributed by atoms with E-state index in [4.69, 9.17) is 9.84 Å². The van der Waals surface area contributed by atoms with E-state index in [0.717, 1.165) is 30.0 Å². The molecule has 0 atom stereocenters. The summed E-state index contributed by atoms with van der Waals surface area (Å²) in [4.78, 5) is 10.9. The summed E-state index contributed by atoms with van der Waals surface area (Å²) in [5.74, 6) is -1.82. The number of ether oxygens (including phenoxy) is 1. The molecule has 0 fully saturated rings. The molecular formula is C17H12F6O3S. The van der Waals surface area contributed by atoms with Gasteiger partial charge in [-0.05, 0) is 42.2 Å². The summed E-state index contributed by atoms with van der Waals surface area (Å²) >= 11 is 1.04. The van der Waals surface area contributed by atoms with Crippen LogP contribution in [0.5, 0.6) is 5.75 Å². The molecular weight excluding hydrogens is 398 g/mol. The summed E-state index contributed by atoms with van der Waals surface area (Å²) < 4.78 is 84.4. The van der Waals surface area contributed by atoms with Crippen LogP contribution in [0.4, 0.5) is 26.3 Å². The smallest absolute Gasteiger partial charge is 0.417 e. The van der Waals surface area contributed by atoms with Crippen LogP contribution in [0, 0.1) is 0 Å². The van der Waals surface area contributed by atoms with E-state index in [0.29, 0.717) is 12.1 Å². The van der Waals surface area contributed by atoms with E-state index in [9.17, 15) is 31.1 Å². The van der Waals surface area contributed by atoms with Crippen LogP contribution >= 0.6 is 11.8 Å². The number of aliphatic carboxylic acids is 1. The maximum absolute atomic E-state index is 13.5. The van der Waals surface area contributed by atoms with E-state index in [2.05, 4.69) is 0 Å². The third-order valence-electron chi connectivity index (χ3n) is 3.48. The number of hydrogen-bond donors (Lipinski definition) is 1. The number of carboxylic acids is 1. The van der Waals surface area contributed by atoms with Crippen molar-refractivity contribution in [3.8, 4) is 16.9 Å². The molecule has 146 valence electrons. The van der Waals surface area contributed by atoms with E-state index < -0.39 is 52.9 Å². The molecule has 27 heavy (non-hydrogen) atoms. The predicted molar refractivity (Wildman–Crippen MR) is 86.8 cm³/mol. The fraction of sp³-hybridized carbons (Fsp3) is 0.235. The summed E-state index contributed by atoms with van der Waals surface area (Å²) in [6, 6.07) is 5.13. The van der Waals surface area contributed by atoms with Crippen molar-refractivity contribution in [2.24, 2.45) is 0 Å². The molecule has 0 saturated heterocycles. The van der Waals surface area contributed by atoms with Crippen molar-refractivity contribution in [1.82, 2.24) is 0 Å². The van der Waals surface area contributed by atoms with Gasteiger partial charge in [0.25, 0.3) is 0 Å². The average Bonchev–Trinajstić information content (AvgIpc) is 2.57. The number of thioether (sulfide) groups is 1. The molecule has 1 N–H and O–H groups in total. The number of hydrogen-bond acceptors (Lipinski definition) is 3. The Balaban J connectivity index is 2.72. The van der Waals surface area contributed by atoms with Crippen LogP contribution in [0.2, 0.25) is 0 Å². The Morgan fingerprint density at radius 2 is 1.67 bits per heavy atom. The molecule has 10 heteroatoms. The van der Waals surface area contributed by atoms with Gasteiger partial charge in [-0.25, -0.2) is 4.79 Å². The Bertz CT molecular complexity index is 846. The molecule has 0 aromatic heterocycles. The minimum Gasteiger partial charge on any atom is -0.481 e. The van der Waals surface area contributed by atoms with Crippen molar-refractivity contribution in [2.75, 3.05) is 12.9 Å². The summed E-state index contributed by atoms with van der Waals surface area (Å²) in [6.07, 6.45) is -8.07. The first-order valence-electron chi connectivity index (χ1n) is 7.25. The van der Waals surface area contributed by atoms with Crippen LogP contribution in [-0.2, 0) is 17.1 Å². The predicted octanol–water partition coefficient (Wildman–Crippen LogP) is 5.58. The molecule has 0 aliphatic heterocycles. The van der Waals surface area contributed by atoms with Gasteiger partial charge in [-0.3, -0.25) is 0 Å². The number of carbonyl (C=O) groups is 1. The third-order valence-corrected chi connectivity index (χ3v) is 4.21. The second-order valence-electron chi connectivity index (χ2n) is 5.30. The second-order valence-corrected chi connectivity index (χ2v) is 6.18. The molecule has 0 amide bonds. The van der Waals surface area contributed by atoms with Gasteiger partial charge in [-0.2, -0.15) is 26.3 Å². The normalized spacial score (nSPS) is 12.1. The highest BCUT2D eigenvalue weighted by atomic mass is 32.2. The zero-order chi connectivity index (χ0) is 20.4. The number of carboxylic acid groups (broad SMARTS) is 1. The topological polar surface area (TPSA) is 46.5 Å². The molecule has 0 spiro atoms. The van der Waals surface area contributed by atoms with Crippen molar-refractivity contribution in [1.29, 1.82) is 0 Å². The summed E-state index contributed by atoms with van der Waals surface area (Å²) in [5.41, 5.74) is -3.35. The summed E-state index contributed by atoms with van der Waals surface area (Å²) in [5, 5.41) is 8.68. The van der Waals surface area contributed by atoms with Gasteiger partial charge in [0.05, 0.1) is 11.1 Å². The fourth-order valence-electron chi connectivity index (χ4n) is 2.30. The Labute approximate surface area is 153 Å². The lowest BCUT2D eigenvalue weighted by Gasteiger charge is -2.18.